The number of hydrogen-bond donors (Lipinski definition) is 3. The van der Waals surface area contributed by atoms with E-state index in [0.29, 0.717) is 60.3 Å². The smallest absolute Gasteiger partial charge is 0.264 e. The lowest BCUT2D eigenvalue weighted by Crippen LogP contribution is -2.37. The zero-order valence-electron chi connectivity index (χ0n) is 17.3. The molecule has 31 heavy (non-hydrogen) atoms. The molecule has 1 aliphatic heterocycles. The van der Waals surface area contributed by atoms with E-state index in [9.17, 15) is 8.42 Å². The van der Waals surface area contributed by atoms with Gasteiger partial charge in [0, 0.05) is 24.8 Å². The summed E-state index contributed by atoms with van der Waals surface area (Å²) in [6, 6.07) is 12.6. The van der Waals surface area contributed by atoms with E-state index in [1.54, 1.807) is 30.3 Å². The van der Waals surface area contributed by atoms with Crippen LogP contribution in [-0.4, -0.2) is 53.0 Å². The lowest BCUT2D eigenvalue weighted by Gasteiger charge is -2.30. The zero-order valence-corrected chi connectivity index (χ0v) is 18.9. The third-order valence-corrected chi connectivity index (χ3v) is 6.74. The van der Waals surface area contributed by atoms with Crippen LogP contribution in [0.3, 0.4) is 0 Å². The number of hydrogen-bond acceptors (Lipinski definition) is 6. The number of morpholine rings is 1. The third-order valence-electron chi connectivity index (χ3n) is 5.12. The number of sulfonamides is 1. The summed E-state index contributed by atoms with van der Waals surface area (Å²) in [7, 11) is -2.41. The maximum absolute atomic E-state index is 13.5. The highest BCUT2D eigenvalue weighted by molar-refractivity contribution is 7.93. The number of nitrogens with zero attached hydrogens (tertiary/aromatic N) is 1. The molecule has 2 aromatic carbocycles. The van der Waals surface area contributed by atoms with Crippen molar-refractivity contribution in [2.45, 2.75) is 23.8 Å². The van der Waals surface area contributed by atoms with Gasteiger partial charge in [0.25, 0.3) is 10.0 Å². The number of rotatable bonds is 7. The molecular weight excluding hydrogens is 436 g/mol. The molecule has 0 amide bonds. The van der Waals surface area contributed by atoms with E-state index in [1.807, 2.05) is 17.0 Å². The average Bonchev–Trinajstić information content (AvgIpc) is 3.58. The van der Waals surface area contributed by atoms with Crippen LogP contribution in [0.25, 0.3) is 0 Å². The van der Waals surface area contributed by atoms with Gasteiger partial charge in [0.05, 0.1) is 31.7 Å². The lowest BCUT2D eigenvalue weighted by molar-refractivity contribution is 0.122. The molecule has 1 saturated heterocycles. The Bertz CT molecular complexity index is 1050. The van der Waals surface area contributed by atoms with Crippen molar-refractivity contribution in [1.29, 1.82) is 0 Å². The Morgan fingerprint density at radius 3 is 2.61 bits per heavy atom. The first-order valence-electron chi connectivity index (χ1n) is 10.2. The Labute approximate surface area is 188 Å². The van der Waals surface area contributed by atoms with Crippen LogP contribution in [0.4, 0.5) is 17.1 Å². The van der Waals surface area contributed by atoms with Crippen molar-refractivity contribution >= 4 is 44.4 Å². The first-order chi connectivity index (χ1) is 15.0. The maximum atomic E-state index is 13.5. The molecule has 0 bridgehead atoms. The second-order valence-electron chi connectivity index (χ2n) is 7.46. The van der Waals surface area contributed by atoms with E-state index >= 15 is 0 Å². The average molecular weight is 463 g/mol. The minimum absolute atomic E-state index is 0.166. The van der Waals surface area contributed by atoms with E-state index in [0.717, 1.165) is 12.8 Å². The molecule has 1 heterocycles. The van der Waals surface area contributed by atoms with Crippen molar-refractivity contribution in [2.24, 2.45) is 0 Å². The van der Waals surface area contributed by atoms with Gasteiger partial charge in [-0.1, -0.05) is 12.1 Å². The van der Waals surface area contributed by atoms with Crippen molar-refractivity contribution in [1.82, 2.24) is 5.32 Å². The number of ether oxygens (including phenoxy) is 2. The third kappa shape index (κ3) is 5.38. The first kappa shape index (κ1) is 21.7. The van der Waals surface area contributed by atoms with Gasteiger partial charge in [-0.2, -0.15) is 0 Å². The van der Waals surface area contributed by atoms with Crippen molar-refractivity contribution in [3.05, 3.63) is 42.5 Å². The number of para-hydroxylation sites is 2. The van der Waals surface area contributed by atoms with Gasteiger partial charge in [-0.05, 0) is 55.4 Å². The fourth-order valence-corrected chi connectivity index (χ4v) is 4.99. The topological polar surface area (TPSA) is 91.9 Å². The second-order valence-corrected chi connectivity index (χ2v) is 9.52. The lowest BCUT2D eigenvalue weighted by atomic mass is 10.2. The largest absolute Gasteiger partial charge is 0.495 e. The minimum atomic E-state index is -3.91. The van der Waals surface area contributed by atoms with Gasteiger partial charge in [0.1, 0.15) is 10.6 Å². The maximum Gasteiger partial charge on any atom is 0.264 e. The van der Waals surface area contributed by atoms with E-state index in [2.05, 4.69) is 15.4 Å². The molecule has 0 aromatic heterocycles. The molecule has 166 valence electrons. The van der Waals surface area contributed by atoms with Crippen molar-refractivity contribution in [3.8, 4) is 5.75 Å². The molecule has 2 fully saturated rings. The monoisotopic (exact) mass is 462 g/mol. The fourth-order valence-electron chi connectivity index (χ4n) is 3.38. The van der Waals surface area contributed by atoms with Gasteiger partial charge in [-0.25, -0.2) is 8.42 Å². The Morgan fingerprint density at radius 2 is 1.90 bits per heavy atom. The molecule has 2 aromatic rings. The highest BCUT2D eigenvalue weighted by Gasteiger charge is 2.26. The number of anilines is 3. The molecule has 10 heteroatoms. The highest BCUT2D eigenvalue weighted by atomic mass is 32.2. The summed E-state index contributed by atoms with van der Waals surface area (Å²) in [4.78, 5) is 2.18. The van der Waals surface area contributed by atoms with E-state index in [1.165, 1.54) is 7.11 Å². The summed E-state index contributed by atoms with van der Waals surface area (Å²) in [6.45, 7) is 2.33. The molecule has 1 aliphatic carbocycles. The Balaban J connectivity index is 1.67. The van der Waals surface area contributed by atoms with Crippen LogP contribution >= 0.6 is 12.2 Å². The van der Waals surface area contributed by atoms with Crippen LogP contribution in [0, 0.1) is 0 Å². The van der Waals surface area contributed by atoms with Crippen molar-refractivity contribution in [2.75, 3.05) is 48.4 Å². The minimum Gasteiger partial charge on any atom is -0.495 e. The SMILES string of the molecule is COc1ccccc1NS(=O)(=O)c1cc(NC(=S)NC2CC2)ccc1N1CCOCC1. The Hall–Kier alpha value is -2.56. The normalized spacial score (nSPS) is 16.5. The summed E-state index contributed by atoms with van der Waals surface area (Å²) < 4.78 is 40.3. The quantitative estimate of drug-likeness (QED) is 0.541. The molecule has 0 spiro atoms. The predicted molar refractivity (Wildman–Crippen MR) is 126 cm³/mol. The fraction of sp³-hybridized carbons (Fsp3) is 0.381. The van der Waals surface area contributed by atoms with Crippen LogP contribution in [-0.2, 0) is 14.8 Å². The predicted octanol–water partition coefficient (Wildman–Crippen LogP) is 2.78. The molecule has 4 rings (SSSR count). The first-order valence-corrected chi connectivity index (χ1v) is 12.1. The standard InChI is InChI=1S/C21H26N4O4S2/c1-28-19-5-3-2-4-17(19)24-31(26,27)20-14-16(23-21(30)22-15-6-7-15)8-9-18(20)25-10-12-29-13-11-25/h2-5,8-9,14-15,24H,6-7,10-13H2,1H3,(H2,22,23,30). The van der Waals surface area contributed by atoms with Gasteiger partial charge in [-0.3, -0.25) is 4.72 Å². The van der Waals surface area contributed by atoms with Gasteiger partial charge in [-0.15, -0.1) is 0 Å². The highest BCUT2D eigenvalue weighted by Crippen LogP contribution is 2.33. The molecule has 3 N–H and O–H groups in total. The number of benzene rings is 2. The van der Waals surface area contributed by atoms with Crippen LogP contribution < -0.4 is 25.0 Å². The summed E-state index contributed by atoms with van der Waals surface area (Å²) >= 11 is 5.35. The van der Waals surface area contributed by atoms with Crippen LogP contribution in [0.1, 0.15) is 12.8 Å². The van der Waals surface area contributed by atoms with E-state index in [-0.39, 0.29) is 4.90 Å². The molecular formula is C21H26N4O4S2. The summed E-state index contributed by atoms with van der Waals surface area (Å²) in [6.07, 6.45) is 2.19. The number of methoxy groups -OCH3 is 1. The van der Waals surface area contributed by atoms with Crippen molar-refractivity contribution < 1.29 is 17.9 Å². The van der Waals surface area contributed by atoms with Crippen molar-refractivity contribution in [3.63, 3.8) is 0 Å². The summed E-state index contributed by atoms with van der Waals surface area (Å²) in [5, 5.41) is 6.80. The molecule has 2 aliphatic rings. The van der Waals surface area contributed by atoms with Crippen LogP contribution in [0.15, 0.2) is 47.4 Å². The van der Waals surface area contributed by atoms with E-state index in [4.69, 9.17) is 21.7 Å². The Kier molecular flexibility index (Phi) is 6.49. The van der Waals surface area contributed by atoms with E-state index < -0.39 is 10.0 Å². The summed E-state index contributed by atoms with van der Waals surface area (Å²) in [5.41, 5.74) is 1.61. The van der Waals surface area contributed by atoms with Gasteiger partial charge in [0.2, 0.25) is 0 Å². The van der Waals surface area contributed by atoms with Crippen LogP contribution in [0.5, 0.6) is 5.75 Å². The molecule has 0 radical (unpaired) electrons. The molecule has 0 atom stereocenters. The zero-order chi connectivity index (χ0) is 21.8. The van der Waals surface area contributed by atoms with Gasteiger partial charge in [0.15, 0.2) is 5.11 Å². The summed E-state index contributed by atoms with van der Waals surface area (Å²) in [5.74, 6) is 0.447. The number of nitrogens with one attached hydrogen (secondary N) is 3. The number of thiocarbonyl (C=S) groups is 1. The van der Waals surface area contributed by atoms with Gasteiger partial charge < -0.3 is 25.0 Å². The molecule has 8 nitrogen and oxygen atoms in total. The Morgan fingerprint density at radius 1 is 1.16 bits per heavy atom. The van der Waals surface area contributed by atoms with Crippen LogP contribution in [0.2, 0.25) is 0 Å². The van der Waals surface area contributed by atoms with Gasteiger partial charge >= 0.3 is 0 Å². The molecule has 0 unspecified atom stereocenters. The molecule has 1 saturated carbocycles. The second kappa shape index (κ2) is 9.29.